The summed E-state index contributed by atoms with van der Waals surface area (Å²) in [7, 11) is 1.71. The summed E-state index contributed by atoms with van der Waals surface area (Å²) in [6, 6.07) is 12.3. The standard InChI is InChI=1S/C17H22N2O/c1-4-10-19-17(15-7-5-6-11-18-15)14-12-13(2)8-9-16(14)20-3/h5-9,11-12,17,19H,4,10H2,1-3H3. The van der Waals surface area contributed by atoms with Crippen LogP contribution in [0.4, 0.5) is 0 Å². The van der Waals surface area contributed by atoms with Crippen LogP contribution in [0.25, 0.3) is 0 Å². The molecule has 1 aromatic carbocycles. The Hall–Kier alpha value is -1.87. The van der Waals surface area contributed by atoms with Crippen molar-refractivity contribution in [2.75, 3.05) is 13.7 Å². The molecule has 0 aliphatic heterocycles. The first-order valence-corrected chi connectivity index (χ1v) is 7.05. The normalized spacial score (nSPS) is 12.2. The van der Waals surface area contributed by atoms with Gasteiger partial charge in [0.25, 0.3) is 0 Å². The van der Waals surface area contributed by atoms with Gasteiger partial charge in [-0.1, -0.05) is 30.7 Å². The van der Waals surface area contributed by atoms with Gasteiger partial charge >= 0.3 is 0 Å². The van der Waals surface area contributed by atoms with E-state index in [-0.39, 0.29) is 6.04 Å². The summed E-state index contributed by atoms with van der Waals surface area (Å²) < 4.78 is 5.51. The molecular formula is C17H22N2O. The third-order valence-electron chi connectivity index (χ3n) is 3.28. The highest BCUT2D eigenvalue weighted by Gasteiger charge is 2.18. The molecule has 2 aromatic rings. The van der Waals surface area contributed by atoms with Gasteiger partial charge in [-0.3, -0.25) is 4.98 Å². The molecule has 1 aromatic heterocycles. The van der Waals surface area contributed by atoms with Crippen LogP contribution in [-0.2, 0) is 0 Å². The fraction of sp³-hybridized carbons (Fsp3) is 0.353. The maximum atomic E-state index is 5.51. The fourth-order valence-electron chi connectivity index (χ4n) is 2.29. The molecule has 1 N–H and O–H groups in total. The number of rotatable bonds is 6. The highest BCUT2D eigenvalue weighted by molar-refractivity contribution is 5.42. The van der Waals surface area contributed by atoms with E-state index < -0.39 is 0 Å². The number of hydrogen-bond acceptors (Lipinski definition) is 3. The molecule has 20 heavy (non-hydrogen) atoms. The first kappa shape index (κ1) is 14.5. The van der Waals surface area contributed by atoms with E-state index in [0.29, 0.717) is 0 Å². The summed E-state index contributed by atoms with van der Waals surface area (Å²) in [6.45, 7) is 5.20. The minimum Gasteiger partial charge on any atom is -0.496 e. The molecule has 106 valence electrons. The van der Waals surface area contributed by atoms with Gasteiger partial charge in [0.15, 0.2) is 0 Å². The molecule has 1 heterocycles. The minimum atomic E-state index is 0.0611. The van der Waals surface area contributed by atoms with E-state index in [1.54, 1.807) is 7.11 Å². The molecule has 0 spiro atoms. The Morgan fingerprint density at radius 3 is 2.75 bits per heavy atom. The number of hydrogen-bond donors (Lipinski definition) is 1. The second-order valence-electron chi connectivity index (χ2n) is 4.89. The van der Waals surface area contributed by atoms with E-state index in [2.05, 4.69) is 42.3 Å². The molecule has 0 radical (unpaired) electrons. The van der Waals surface area contributed by atoms with Crippen molar-refractivity contribution in [3.05, 3.63) is 59.4 Å². The van der Waals surface area contributed by atoms with E-state index in [0.717, 1.165) is 30.0 Å². The van der Waals surface area contributed by atoms with Crippen molar-refractivity contribution >= 4 is 0 Å². The number of aryl methyl sites for hydroxylation is 1. The Balaban J connectivity index is 2.43. The van der Waals surface area contributed by atoms with Gasteiger partial charge < -0.3 is 10.1 Å². The highest BCUT2D eigenvalue weighted by atomic mass is 16.5. The molecule has 1 unspecified atom stereocenters. The van der Waals surface area contributed by atoms with Crippen molar-refractivity contribution in [2.45, 2.75) is 26.3 Å². The van der Waals surface area contributed by atoms with Crippen LogP contribution in [-0.4, -0.2) is 18.6 Å². The summed E-state index contributed by atoms with van der Waals surface area (Å²) >= 11 is 0. The first-order valence-electron chi connectivity index (χ1n) is 7.05. The van der Waals surface area contributed by atoms with Crippen molar-refractivity contribution in [2.24, 2.45) is 0 Å². The molecule has 3 heteroatoms. The maximum absolute atomic E-state index is 5.51. The average Bonchev–Trinajstić information content (AvgIpc) is 2.49. The largest absolute Gasteiger partial charge is 0.496 e. The molecule has 0 saturated heterocycles. The van der Waals surface area contributed by atoms with Crippen molar-refractivity contribution in [3.63, 3.8) is 0 Å². The summed E-state index contributed by atoms with van der Waals surface area (Å²) in [6.07, 6.45) is 2.91. The maximum Gasteiger partial charge on any atom is 0.124 e. The Kier molecular flexibility index (Phi) is 5.13. The second kappa shape index (κ2) is 7.06. The number of pyridine rings is 1. The van der Waals surface area contributed by atoms with E-state index in [9.17, 15) is 0 Å². The molecule has 2 rings (SSSR count). The van der Waals surface area contributed by atoms with E-state index in [1.807, 2.05) is 24.4 Å². The summed E-state index contributed by atoms with van der Waals surface area (Å²) in [4.78, 5) is 4.50. The second-order valence-corrected chi connectivity index (χ2v) is 4.89. The number of nitrogens with one attached hydrogen (secondary N) is 1. The zero-order valence-electron chi connectivity index (χ0n) is 12.4. The molecule has 0 amide bonds. The van der Waals surface area contributed by atoms with Crippen LogP contribution in [0.1, 0.15) is 36.2 Å². The fourth-order valence-corrected chi connectivity index (χ4v) is 2.29. The Morgan fingerprint density at radius 2 is 2.10 bits per heavy atom. The SMILES string of the molecule is CCCNC(c1ccccn1)c1cc(C)ccc1OC. The van der Waals surface area contributed by atoms with E-state index in [1.165, 1.54) is 5.56 Å². The third-order valence-corrected chi connectivity index (χ3v) is 3.28. The van der Waals surface area contributed by atoms with Gasteiger partial charge in [0.1, 0.15) is 5.75 Å². The van der Waals surface area contributed by atoms with Crippen LogP contribution in [0.2, 0.25) is 0 Å². The lowest BCUT2D eigenvalue weighted by atomic mass is 9.99. The Morgan fingerprint density at radius 1 is 1.25 bits per heavy atom. The number of nitrogens with zero attached hydrogens (tertiary/aromatic N) is 1. The van der Waals surface area contributed by atoms with Crippen LogP contribution in [0.5, 0.6) is 5.75 Å². The minimum absolute atomic E-state index is 0.0611. The zero-order chi connectivity index (χ0) is 14.4. The van der Waals surface area contributed by atoms with Gasteiger partial charge in [0.2, 0.25) is 0 Å². The molecule has 0 aliphatic carbocycles. The van der Waals surface area contributed by atoms with Gasteiger partial charge in [0, 0.05) is 11.8 Å². The van der Waals surface area contributed by atoms with Crippen molar-refractivity contribution < 1.29 is 4.74 Å². The van der Waals surface area contributed by atoms with Crippen LogP contribution in [0.15, 0.2) is 42.6 Å². The van der Waals surface area contributed by atoms with Crippen molar-refractivity contribution in [1.29, 1.82) is 0 Å². The van der Waals surface area contributed by atoms with Crippen LogP contribution in [0, 0.1) is 6.92 Å². The van der Waals surface area contributed by atoms with E-state index >= 15 is 0 Å². The van der Waals surface area contributed by atoms with Gasteiger partial charge in [-0.15, -0.1) is 0 Å². The number of methoxy groups -OCH3 is 1. The highest BCUT2D eigenvalue weighted by Crippen LogP contribution is 2.30. The van der Waals surface area contributed by atoms with Crippen LogP contribution < -0.4 is 10.1 Å². The quantitative estimate of drug-likeness (QED) is 0.872. The monoisotopic (exact) mass is 270 g/mol. The van der Waals surface area contributed by atoms with E-state index in [4.69, 9.17) is 4.74 Å². The molecule has 3 nitrogen and oxygen atoms in total. The van der Waals surface area contributed by atoms with Crippen LogP contribution >= 0.6 is 0 Å². The lowest BCUT2D eigenvalue weighted by molar-refractivity contribution is 0.403. The number of benzene rings is 1. The Labute approximate surface area is 121 Å². The van der Waals surface area contributed by atoms with Gasteiger partial charge in [-0.2, -0.15) is 0 Å². The molecule has 0 fully saturated rings. The van der Waals surface area contributed by atoms with Gasteiger partial charge in [-0.05, 0) is 38.1 Å². The van der Waals surface area contributed by atoms with Gasteiger partial charge in [0.05, 0.1) is 18.8 Å². The summed E-state index contributed by atoms with van der Waals surface area (Å²) in [5.41, 5.74) is 3.38. The third kappa shape index (κ3) is 3.36. The average molecular weight is 270 g/mol. The van der Waals surface area contributed by atoms with Crippen molar-refractivity contribution in [3.8, 4) is 5.75 Å². The smallest absolute Gasteiger partial charge is 0.124 e. The number of aromatic nitrogens is 1. The first-order chi connectivity index (χ1) is 9.76. The Bertz CT molecular complexity index is 540. The topological polar surface area (TPSA) is 34.2 Å². The predicted octanol–water partition coefficient (Wildman–Crippen LogP) is 3.49. The predicted molar refractivity (Wildman–Crippen MR) is 82.1 cm³/mol. The molecule has 0 saturated carbocycles. The summed E-state index contributed by atoms with van der Waals surface area (Å²) in [5, 5.41) is 3.56. The zero-order valence-corrected chi connectivity index (χ0v) is 12.4. The molecule has 0 aliphatic rings. The summed E-state index contributed by atoms with van der Waals surface area (Å²) in [5.74, 6) is 0.898. The lowest BCUT2D eigenvalue weighted by Crippen LogP contribution is -2.24. The molecule has 0 bridgehead atoms. The molecule has 1 atom stereocenters. The molecular weight excluding hydrogens is 248 g/mol. The lowest BCUT2D eigenvalue weighted by Gasteiger charge is -2.21. The van der Waals surface area contributed by atoms with Crippen LogP contribution in [0.3, 0.4) is 0 Å². The number of ether oxygens (including phenoxy) is 1. The van der Waals surface area contributed by atoms with Gasteiger partial charge in [-0.25, -0.2) is 0 Å². The van der Waals surface area contributed by atoms with Crippen molar-refractivity contribution in [1.82, 2.24) is 10.3 Å².